The molecule has 1 saturated heterocycles. The molecule has 0 aliphatic carbocycles. The zero-order valence-electron chi connectivity index (χ0n) is 9.64. The van der Waals surface area contributed by atoms with Crippen LogP contribution in [0.15, 0.2) is 27.3 Å². The van der Waals surface area contributed by atoms with Crippen molar-refractivity contribution < 1.29 is 14.0 Å². The minimum absolute atomic E-state index is 0.133. The number of likely N-dealkylation sites (tertiary alicyclic amines) is 1. The third-order valence-corrected chi connectivity index (χ3v) is 3.31. The van der Waals surface area contributed by atoms with Gasteiger partial charge in [-0.25, -0.2) is 0 Å². The van der Waals surface area contributed by atoms with Crippen molar-refractivity contribution in [1.29, 1.82) is 0 Å². The molecule has 1 aromatic rings. The molecule has 2 rings (SSSR count). The molecular formula is C12H13BrN2O3. The molecule has 0 bridgehead atoms. The molecule has 18 heavy (non-hydrogen) atoms. The summed E-state index contributed by atoms with van der Waals surface area (Å²) in [6, 6.07) is 3.51. The molecule has 1 atom stereocenters. The highest BCUT2D eigenvalue weighted by molar-refractivity contribution is 9.10. The Kier molecular flexibility index (Phi) is 3.86. The Morgan fingerprint density at radius 2 is 2.28 bits per heavy atom. The third-order valence-electron chi connectivity index (χ3n) is 2.89. The summed E-state index contributed by atoms with van der Waals surface area (Å²) in [4.78, 5) is 24.4. The minimum Gasteiger partial charge on any atom is -0.450 e. The van der Waals surface area contributed by atoms with E-state index < -0.39 is 0 Å². The molecule has 2 amide bonds. The normalized spacial score (nSPS) is 19.6. The predicted molar refractivity (Wildman–Crippen MR) is 69.3 cm³/mol. The van der Waals surface area contributed by atoms with E-state index in [0.29, 0.717) is 29.9 Å². The Morgan fingerprint density at radius 3 is 2.83 bits per heavy atom. The van der Waals surface area contributed by atoms with Crippen LogP contribution >= 0.6 is 15.9 Å². The van der Waals surface area contributed by atoms with E-state index in [2.05, 4.69) is 15.9 Å². The molecule has 0 saturated carbocycles. The lowest BCUT2D eigenvalue weighted by molar-refractivity contribution is -0.125. The molecule has 0 radical (unpaired) electrons. The molecule has 6 heteroatoms. The van der Waals surface area contributed by atoms with Gasteiger partial charge in [-0.2, -0.15) is 0 Å². The van der Waals surface area contributed by atoms with Crippen LogP contribution in [-0.4, -0.2) is 29.8 Å². The number of nitrogens with two attached hydrogens (primary N) is 1. The van der Waals surface area contributed by atoms with Gasteiger partial charge in [0.15, 0.2) is 4.67 Å². The molecule has 0 spiro atoms. The summed E-state index contributed by atoms with van der Waals surface area (Å²) >= 11 is 3.18. The Bertz CT molecular complexity index is 495. The van der Waals surface area contributed by atoms with Gasteiger partial charge in [0.1, 0.15) is 5.76 Å². The lowest BCUT2D eigenvalue weighted by Gasteiger charge is -2.12. The van der Waals surface area contributed by atoms with Gasteiger partial charge in [0, 0.05) is 19.2 Å². The number of furan rings is 1. The second kappa shape index (κ2) is 5.39. The van der Waals surface area contributed by atoms with Gasteiger partial charge in [0.25, 0.3) is 0 Å². The van der Waals surface area contributed by atoms with E-state index in [9.17, 15) is 9.59 Å². The Morgan fingerprint density at radius 1 is 1.50 bits per heavy atom. The van der Waals surface area contributed by atoms with Crippen molar-refractivity contribution in [2.75, 3.05) is 13.1 Å². The second-order valence-corrected chi connectivity index (χ2v) is 4.93. The Balaban J connectivity index is 1.93. The van der Waals surface area contributed by atoms with E-state index in [1.807, 2.05) is 0 Å². The molecule has 1 aliphatic rings. The molecule has 0 unspecified atom stereocenters. The first-order valence-corrected chi connectivity index (χ1v) is 6.37. The molecule has 1 aromatic heterocycles. The maximum absolute atomic E-state index is 11.8. The number of amides is 2. The van der Waals surface area contributed by atoms with Gasteiger partial charge in [-0.3, -0.25) is 9.59 Å². The Labute approximate surface area is 113 Å². The van der Waals surface area contributed by atoms with Gasteiger partial charge in [0.05, 0.1) is 5.92 Å². The fourth-order valence-corrected chi connectivity index (χ4v) is 2.19. The topological polar surface area (TPSA) is 76.5 Å². The van der Waals surface area contributed by atoms with Crippen LogP contribution in [0.5, 0.6) is 0 Å². The van der Waals surface area contributed by atoms with E-state index in [0.717, 1.165) is 0 Å². The van der Waals surface area contributed by atoms with Crippen LogP contribution in [0.25, 0.3) is 6.08 Å². The summed E-state index contributed by atoms with van der Waals surface area (Å²) in [6.07, 6.45) is 3.68. The largest absolute Gasteiger partial charge is 0.450 e. The first kappa shape index (κ1) is 12.9. The number of rotatable bonds is 3. The third kappa shape index (κ3) is 3.01. The van der Waals surface area contributed by atoms with Crippen LogP contribution < -0.4 is 5.73 Å². The van der Waals surface area contributed by atoms with Gasteiger partial charge in [-0.05, 0) is 40.6 Å². The monoisotopic (exact) mass is 312 g/mol. The van der Waals surface area contributed by atoms with E-state index in [-0.39, 0.29) is 17.7 Å². The van der Waals surface area contributed by atoms with Crippen LogP contribution in [0.3, 0.4) is 0 Å². The SMILES string of the molecule is NC(=O)[C@H]1CCN(C(=O)/C=C\c2ccc(Br)o2)C1. The zero-order chi connectivity index (χ0) is 13.1. The van der Waals surface area contributed by atoms with E-state index in [1.165, 1.54) is 6.08 Å². The van der Waals surface area contributed by atoms with Crippen molar-refractivity contribution in [2.45, 2.75) is 6.42 Å². The average Bonchev–Trinajstić information content (AvgIpc) is 2.94. The lowest BCUT2D eigenvalue weighted by atomic mass is 10.1. The van der Waals surface area contributed by atoms with Crippen LogP contribution in [-0.2, 0) is 9.59 Å². The molecular weight excluding hydrogens is 300 g/mol. The fourth-order valence-electron chi connectivity index (χ4n) is 1.87. The molecule has 1 fully saturated rings. The quantitative estimate of drug-likeness (QED) is 0.857. The fraction of sp³-hybridized carbons (Fsp3) is 0.333. The molecule has 1 aliphatic heterocycles. The summed E-state index contributed by atoms with van der Waals surface area (Å²) < 4.78 is 5.86. The predicted octanol–water partition coefficient (Wildman–Crippen LogP) is 1.39. The molecule has 5 nitrogen and oxygen atoms in total. The smallest absolute Gasteiger partial charge is 0.246 e. The van der Waals surface area contributed by atoms with E-state index >= 15 is 0 Å². The van der Waals surface area contributed by atoms with Gasteiger partial charge >= 0.3 is 0 Å². The second-order valence-electron chi connectivity index (χ2n) is 4.15. The van der Waals surface area contributed by atoms with Gasteiger partial charge in [0.2, 0.25) is 11.8 Å². The van der Waals surface area contributed by atoms with Crippen molar-refractivity contribution in [3.8, 4) is 0 Å². The summed E-state index contributed by atoms with van der Waals surface area (Å²) in [5, 5.41) is 0. The average molecular weight is 313 g/mol. The number of hydrogen-bond donors (Lipinski definition) is 1. The number of halogens is 1. The van der Waals surface area contributed by atoms with Gasteiger partial charge < -0.3 is 15.1 Å². The van der Waals surface area contributed by atoms with E-state index in [1.54, 1.807) is 23.1 Å². The number of nitrogens with zero attached hydrogens (tertiary/aromatic N) is 1. The zero-order valence-corrected chi connectivity index (χ0v) is 11.2. The summed E-state index contributed by atoms with van der Waals surface area (Å²) in [5.41, 5.74) is 5.21. The van der Waals surface area contributed by atoms with Crippen molar-refractivity contribution in [1.82, 2.24) is 4.90 Å². The molecule has 2 N–H and O–H groups in total. The summed E-state index contributed by atoms with van der Waals surface area (Å²) in [7, 11) is 0. The van der Waals surface area contributed by atoms with Crippen molar-refractivity contribution in [3.05, 3.63) is 28.6 Å². The minimum atomic E-state index is -0.343. The van der Waals surface area contributed by atoms with Crippen LogP contribution in [0.2, 0.25) is 0 Å². The molecule has 96 valence electrons. The summed E-state index contributed by atoms with van der Waals surface area (Å²) in [5.74, 6) is -0.100. The number of carbonyl (C=O) groups is 2. The van der Waals surface area contributed by atoms with E-state index in [4.69, 9.17) is 10.2 Å². The summed E-state index contributed by atoms with van der Waals surface area (Å²) in [6.45, 7) is 0.971. The van der Waals surface area contributed by atoms with Crippen LogP contribution in [0.1, 0.15) is 12.2 Å². The standard InChI is InChI=1S/C12H13BrN2O3/c13-10-3-1-9(18-10)2-4-11(16)15-6-5-8(7-15)12(14)17/h1-4,8H,5-7H2,(H2,14,17)/b4-2-/t8-/m0/s1. The maximum Gasteiger partial charge on any atom is 0.246 e. The number of hydrogen-bond acceptors (Lipinski definition) is 3. The highest BCUT2D eigenvalue weighted by atomic mass is 79.9. The van der Waals surface area contributed by atoms with Crippen molar-refractivity contribution >= 4 is 33.8 Å². The highest BCUT2D eigenvalue weighted by Gasteiger charge is 2.28. The number of carbonyl (C=O) groups excluding carboxylic acids is 2. The first-order valence-electron chi connectivity index (χ1n) is 5.58. The molecule has 2 heterocycles. The van der Waals surface area contributed by atoms with Gasteiger partial charge in [-0.15, -0.1) is 0 Å². The Hall–Kier alpha value is -1.56. The van der Waals surface area contributed by atoms with Gasteiger partial charge in [-0.1, -0.05) is 0 Å². The number of primary amides is 1. The van der Waals surface area contributed by atoms with Crippen molar-refractivity contribution in [2.24, 2.45) is 11.7 Å². The molecule has 0 aromatic carbocycles. The first-order chi connectivity index (χ1) is 8.56. The van der Waals surface area contributed by atoms with Crippen molar-refractivity contribution in [3.63, 3.8) is 0 Å². The van der Waals surface area contributed by atoms with Crippen LogP contribution in [0.4, 0.5) is 0 Å². The highest BCUT2D eigenvalue weighted by Crippen LogP contribution is 2.17. The lowest BCUT2D eigenvalue weighted by Crippen LogP contribution is -2.30. The maximum atomic E-state index is 11.8. The van der Waals surface area contributed by atoms with Crippen LogP contribution in [0, 0.1) is 5.92 Å².